The molecule has 0 aliphatic heterocycles. The molecule has 98 valence electrons. The lowest BCUT2D eigenvalue weighted by Gasteiger charge is -2.16. The predicted octanol–water partition coefficient (Wildman–Crippen LogP) is 3.47. The van der Waals surface area contributed by atoms with Crippen LogP contribution < -0.4 is 5.32 Å². The molecule has 0 aliphatic carbocycles. The van der Waals surface area contributed by atoms with E-state index in [0.29, 0.717) is 6.42 Å². The van der Waals surface area contributed by atoms with Crippen molar-refractivity contribution in [3.63, 3.8) is 0 Å². The molecule has 1 amide bonds. The van der Waals surface area contributed by atoms with E-state index < -0.39 is 6.09 Å². The van der Waals surface area contributed by atoms with Gasteiger partial charge in [-0.25, -0.2) is 4.79 Å². The average Bonchev–Trinajstić information content (AvgIpc) is 2.25. The van der Waals surface area contributed by atoms with Gasteiger partial charge in [0.25, 0.3) is 0 Å². The molecule has 0 fully saturated rings. The molecular weight excluding hydrogens is 226 g/mol. The van der Waals surface area contributed by atoms with Crippen LogP contribution in [0.25, 0.3) is 0 Å². The fourth-order valence-electron chi connectivity index (χ4n) is 1.60. The Morgan fingerprint density at radius 3 is 2.44 bits per heavy atom. The summed E-state index contributed by atoms with van der Waals surface area (Å²) in [5, 5.41) is 11.4. The molecule has 0 radical (unpaired) electrons. The summed E-state index contributed by atoms with van der Waals surface area (Å²) in [6, 6.07) is 9.68. The van der Waals surface area contributed by atoms with Crippen LogP contribution in [-0.4, -0.2) is 17.2 Å². The highest BCUT2D eigenvalue weighted by Crippen LogP contribution is 2.15. The van der Waals surface area contributed by atoms with Crippen molar-refractivity contribution in [1.82, 2.24) is 5.32 Å². The van der Waals surface area contributed by atoms with Crippen molar-refractivity contribution >= 4 is 6.09 Å². The van der Waals surface area contributed by atoms with Crippen LogP contribution in [0.4, 0.5) is 4.79 Å². The monoisotopic (exact) mass is 247 g/mol. The van der Waals surface area contributed by atoms with E-state index in [1.807, 2.05) is 42.5 Å². The Morgan fingerprint density at radius 1 is 1.33 bits per heavy atom. The average molecular weight is 247 g/mol. The summed E-state index contributed by atoms with van der Waals surface area (Å²) < 4.78 is 0. The molecule has 0 aromatic heterocycles. The van der Waals surface area contributed by atoms with E-state index in [0.717, 1.165) is 5.56 Å². The molecule has 2 N–H and O–H groups in total. The van der Waals surface area contributed by atoms with Crippen LogP contribution in [0.15, 0.2) is 42.5 Å². The molecule has 0 unspecified atom stereocenters. The number of amides is 1. The molecule has 1 aromatic rings. The first-order valence-electron chi connectivity index (χ1n) is 6.09. The zero-order chi connectivity index (χ0) is 13.6. The standard InChI is InChI=1S/C15H21NO2/c1-15(2,3)10-9-13(16-14(17)18)11-12-7-5-4-6-8-12/h4-10,13,16H,11H2,1-3H3,(H,17,18)/t13-/m1/s1. The Bertz CT molecular complexity index is 404. The van der Waals surface area contributed by atoms with Crippen LogP contribution in [0.5, 0.6) is 0 Å². The maximum Gasteiger partial charge on any atom is 0.405 e. The summed E-state index contributed by atoms with van der Waals surface area (Å²) >= 11 is 0. The quantitative estimate of drug-likeness (QED) is 0.800. The van der Waals surface area contributed by atoms with Gasteiger partial charge in [-0.3, -0.25) is 0 Å². The second-order valence-corrected chi connectivity index (χ2v) is 5.47. The van der Waals surface area contributed by atoms with Crippen molar-refractivity contribution in [2.75, 3.05) is 0 Å². The largest absolute Gasteiger partial charge is 0.465 e. The van der Waals surface area contributed by atoms with E-state index >= 15 is 0 Å². The maximum atomic E-state index is 10.8. The van der Waals surface area contributed by atoms with Gasteiger partial charge in [0, 0.05) is 0 Å². The third-order valence-electron chi connectivity index (χ3n) is 2.44. The van der Waals surface area contributed by atoms with E-state index in [9.17, 15) is 4.79 Å². The van der Waals surface area contributed by atoms with Gasteiger partial charge in [0.05, 0.1) is 6.04 Å². The summed E-state index contributed by atoms with van der Waals surface area (Å²) in [6.45, 7) is 6.26. The fraction of sp³-hybridized carbons (Fsp3) is 0.400. The van der Waals surface area contributed by atoms with Crippen molar-refractivity contribution in [2.45, 2.75) is 33.2 Å². The summed E-state index contributed by atoms with van der Waals surface area (Å²) in [6.07, 6.45) is 3.65. The van der Waals surface area contributed by atoms with Gasteiger partial charge in [-0.1, -0.05) is 63.3 Å². The Hall–Kier alpha value is -1.77. The SMILES string of the molecule is CC(C)(C)C=C[C@H](Cc1ccccc1)NC(=O)O. The lowest BCUT2D eigenvalue weighted by molar-refractivity contribution is 0.192. The van der Waals surface area contributed by atoms with Crippen LogP contribution in [0.2, 0.25) is 0 Å². The fourth-order valence-corrected chi connectivity index (χ4v) is 1.60. The highest BCUT2D eigenvalue weighted by molar-refractivity contribution is 5.65. The summed E-state index contributed by atoms with van der Waals surface area (Å²) in [5.74, 6) is 0. The molecule has 0 heterocycles. The van der Waals surface area contributed by atoms with E-state index in [1.165, 1.54) is 0 Å². The Labute approximate surface area is 109 Å². The molecule has 0 spiro atoms. The molecule has 0 aliphatic rings. The first kappa shape index (κ1) is 14.3. The molecule has 0 saturated heterocycles. The molecule has 3 heteroatoms. The van der Waals surface area contributed by atoms with Gasteiger partial charge < -0.3 is 10.4 Å². The van der Waals surface area contributed by atoms with E-state index in [2.05, 4.69) is 26.1 Å². The highest BCUT2D eigenvalue weighted by Gasteiger charge is 2.11. The summed E-state index contributed by atoms with van der Waals surface area (Å²) in [7, 11) is 0. The topological polar surface area (TPSA) is 49.3 Å². The first-order valence-corrected chi connectivity index (χ1v) is 6.09. The number of hydrogen-bond donors (Lipinski definition) is 2. The van der Waals surface area contributed by atoms with Gasteiger partial charge in [0.2, 0.25) is 0 Å². The van der Waals surface area contributed by atoms with Crippen molar-refractivity contribution < 1.29 is 9.90 Å². The van der Waals surface area contributed by atoms with Gasteiger partial charge in [0.15, 0.2) is 0 Å². The number of carbonyl (C=O) groups is 1. The normalized spacial score (nSPS) is 13.5. The molecule has 0 bridgehead atoms. The summed E-state index contributed by atoms with van der Waals surface area (Å²) in [4.78, 5) is 10.8. The number of carboxylic acid groups (broad SMARTS) is 1. The lowest BCUT2D eigenvalue weighted by Crippen LogP contribution is -2.34. The minimum atomic E-state index is -0.991. The Morgan fingerprint density at radius 2 is 1.94 bits per heavy atom. The van der Waals surface area contributed by atoms with Gasteiger partial charge >= 0.3 is 6.09 Å². The third-order valence-corrected chi connectivity index (χ3v) is 2.44. The number of benzene rings is 1. The van der Waals surface area contributed by atoms with Crippen molar-refractivity contribution in [3.8, 4) is 0 Å². The number of nitrogens with one attached hydrogen (secondary N) is 1. The Kier molecular flexibility index (Phi) is 4.95. The van der Waals surface area contributed by atoms with E-state index in [-0.39, 0.29) is 11.5 Å². The molecule has 1 aromatic carbocycles. The Balaban J connectivity index is 2.73. The zero-order valence-corrected chi connectivity index (χ0v) is 11.2. The third kappa shape index (κ3) is 6.09. The van der Waals surface area contributed by atoms with Crippen LogP contribution in [0, 0.1) is 5.41 Å². The minimum absolute atomic E-state index is 0.0507. The second-order valence-electron chi connectivity index (χ2n) is 5.47. The van der Waals surface area contributed by atoms with Crippen LogP contribution >= 0.6 is 0 Å². The smallest absolute Gasteiger partial charge is 0.405 e. The molecule has 0 saturated carbocycles. The van der Waals surface area contributed by atoms with Gasteiger partial charge in [-0.05, 0) is 17.4 Å². The van der Waals surface area contributed by atoms with Gasteiger partial charge in [0.1, 0.15) is 0 Å². The number of rotatable bonds is 4. The molecular formula is C15H21NO2. The van der Waals surface area contributed by atoms with Crippen LogP contribution in [-0.2, 0) is 6.42 Å². The maximum absolute atomic E-state index is 10.8. The summed E-state index contributed by atoms with van der Waals surface area (Å²) in [5.41, 5.74) is 1.17. The molecule has 18 heavy (non-hydrogen) atoms. The number of hydrogen-bond acceptors (Lipinski definition) is 1. The van der Waals surface area contributed by atoms with Crippen molar-refractivity contribution in [1.29, 1.82) is 0 Å². The predicted molar refractivity (Wildman–Crippen MR) is 73.7 cm³/mol. The minimum Gasteiger partial charge on any atom is -0.465 e. The van der Waals surface area contributed by atoms with Crippen molar-refractivity contribution in [2.24, 2.45) is 5.41 Å². The second kappa shape index (κ2) is 6.24. The molecule has 1 atom stereocenters. The zero-order valence-electron chi connectivity index (χ0n) is 11.2. The van der Waals surface area contributed by atoms with Gasteiger partial charge in [-0.2, -0.15) is 0 Å². The van der Waals surface area contributed by atoms with E-state index in [4.69, 9.17) is 5.11 Å². The van der Waals surface area contributed by atoms with Crippen molar-refractivity contribution in [3.05, 3.63) is 48.0 Å². The first-order chi connectivity index (χ1) is 8.37. The molecule has 3 nitrogen and oxygen atoms in total. The van der Waals surface area contributed by atoms with Crippen LogP contribution in [0.1, 0.15) is 26.3 Å². The van der Waals surface area contributed by atoms with E-state index in [1.54, 1.807) is 0 Å². The van der Waals surface area contributed by atoms with Gasteiger partial charge in [-0.15, -0.1) is 0 Å². The number of allylic oxidation sites excluding steroid dienone is 1. The van der Waals surface area contributed by atoms with Crippen LogP contribution in [0.3, 0.4) is 0 Å². The highest BCUT2D eigenvalue weighted by atomic mass is 16.4. The lowest BCUT2D eigenvalue weighted by atomic mass is 9.94. The molecule has 1 rings (SSSR count).